The minimum atomic E-state index is -3.58. The minimum Gasteiger partial charge on any atom is -0.508 e. The van der Waals surface area contributed by atoms with Gasteiger partial charge in [0.1, 0.15) is 11.3 Å². The molecule has 33 heavy (non-hydrogen) atoms. The Morgan fingerprint density at radius 2 is 1.85 bits per heavy atom. The Balaban J connectivity index is 1.71. The summed E-state index contributed by atoms with van der Waals surface area (Å²) in [6, 6.07) is 11.2. The Morgan fingerprint density at radius 3 is 2.55 bits per heavy atom. The van der Waals surface area contributed by atoms with Gasteiger partial charge in [-0.25, -0.2) is 18.2 Å². The van der Waals surface area contributed by atoms with E-state index in [-0.39, 0.29) is 10.6 Å². The van der Waals surface area contributed by atoms with Gasteiger partial charge in [-0.15, -0.1) is 0 Å². The van der Waals surface area contributed by atoms with Crippen molar-refractivity contribution in [2.75, 3.05) is 13.1 Å². The summed E-state index contributed by atoms with van der Waals surface area (Å²) in [6.45, 7) is 7.09. The van der Waals surface area contributed by atoms with E-state index in [2.05, 4.69) is 0 Å². The predicted octanol–water partition coefficient (Wildman–Crippen LogP) is 4.19. The van der Waals surface area contributed by atoms with Crippen molar-refractivity contribution in [3.8, 4) is 5.75 Å². The Kier molecular flexibility index (Phi) is 6.51. The molecule has 0 aliphatic heterocycles. The van der Waals surface area contributed by atoms with Crippen molar-refractivity contribution >= 4 is 43.8 Å². The largest absolute Gasteiger partial charge is 0.508 e. The van der Waals surface area contributed by atoms with Crippen LogP contribution in [0, 0.1) is 0 Å². The second-order valence-electron chi connectivity index (χ2n) is 7.44. The zero-order chi connectivity index (χ0) is 23.8. The second kappa shape index (κ2) is 9.20. The van der Waals surface area contributed by atoms with Gasteiger partial charge in [-0.3, -0.25) is 0 Å². The zero-order valence-electron chi connectivity index (χ0n) is 18.6. The fourth-order valence-corrected chi connectivity index (χ4v) is 6.40. The quantitative estimate of drug-likeness (QED) is 0.293. The van der Waals surface area contributed by atoms with Crippen molar-refractivity contribution in [2.45, 2.75) is 43.1 Å². The molecule has 2 aromatic heterocycles. The highest BCUT2D eigenvalue weighted by Gasteiger charge is 2.23. The monoisotopic (exact) mass is 487 g/mol. The van der Waals surface area contributed by atoms with Crippen LogP contribution < -0.4 is 5.63 Å². The number of hydrogen-bond donors (Lipinski definition) is 1. The lowest BCUT2D eigenvalue weighted by Gasteiger charge is -2.18. The molecule has 0 radical (unpaired) electrons. The fraction of sp³-hybridized carbons (Fsp3) is 0.304. The summed E-state index contributed by atoms with van der Waals surface area (Å²) in [7, 11) is -3.58. The molecule has 174 valence electrons. The van der Waals surface area contributed by atoms with Gasteiger partial charge >= 0.3 is 5.63 Å². The third-order valence-corrected chi connectivity index (χ3v) is 8.59. The standard InChI is InChI=1S/C23H25N3O5S2/c1-4-25(5-2)33(29,30)17-8-10-20-19(13-17)24-23(26(20)6-3)32-14-15-11-22(28)31-21-12-16(27)7-9-18(15)21/h7-13,27H,4-6,14H2,1-3H3. The van der Waals surface area contributed by atoms with Crippen LogP contribution in [0.4, 0.5) is 0 Å². The minimum absolute atomic E-state index is 0.0266. The molecule has 0 aliphatic carbocycles. The van der Waals surface area contributed by atoms with Gasteiger partial charge in [0.2, 0.25) is 10.0 Å². The van der Waals surface area contributed by atoms with Crippen molar-refractivity contribution in [3.63, 3.8) is 0 Å². The van der Waals surface area contributed by atoms with Crippen LogP contribution in [-0.2, 0) is 22.3 Å². The highest BCUT2D eigenvalue weighted by Crippen LogP contribution is 2.31. The Hall–Kier alpha value is -2.82. The van der Waals surface area contributed by atoms with Crippen molar-refractivity contribution in [2.24, 2.45) is 0 Å². The zero-order valence-corrected chi connectivity index (χ0v) is 20.2. The van der Waals surface area contributed by atoms with Crippen molar-refractivity contribution < 1.29 is 17.9 Å². The number of hydrogen-bond acceptors (Lipinski definition) is 7. The summed E-state index contributed by atoms with van der Waals surface area (Å²) in [5, 5.41) is 11.2. The molecular weight excluding hydrogens is 462 g/mol. The Labute approximate surface area is 195 Å². The number of phenols is 1. The number of imidazole rings is 1. The normalized spacial score (nSPS) is 12.2. The third kappa shape index (κ3) is 4.38. The molecular formula is C23H25N3O5S2. The van der Waals surface area contributed by atoms with Crippen molar-refractivity contribution in [1.82, 2.24) is 13.9 Å². The molecule has 2 aromatic carbocycles. The highest BCUT2D eigenvalue weighted by molar-refractivity contribution is 7.98. The van der Waals surface area contributed by atoms with E-state index < -0.39 is 15.6 Å². The van der Waals surface area contributed by atoms with Gasteiger partial charge in [-0.05, 0) is 42.8 Å². The SMILES string of the molecule is CCN(CC)S(=O)(=O)c1ccc2c(c1)nc(SCc1cc(=O)oc3cc(O)ccc13)n2CC. The Bertz CT molecular complexity index is 1490. The third-order valence-electron chi connectivity index (χ3n) is 5.51. The van der Waals surface area contributed by atoms with E-state index >= 15 is 0 Å². The van der Waals surface area contributed by atoms with Crippen LogP contribution in [0.3, 0.4) is 0 Å². The maximum atomic E-state index is 12.9. The highest BCUT2D eigenvalue weighted by atomic mass is 32.2. The number of fused-ring (bicyclic) bond motifs is 2. The molecule has 4 aromatic rings. The summed E-state index contributed by atoms with van der Waals surface area (Å²) in [4.78, 5) is 16.9. The van der Waals surface area contributed by atoms with Gasteiger partial charge in [0.05, 0.1) is 15.9 Å². The van der Waals surface area contributed by atoms with Crippen molar-refractivity contribution in [1.29, 1.82) is 0 Å². The van der Waals surface area contributed by atoms with E-state index in [9.17, 15) is 18.3 Å². The molecule has 0 amide bonds. The van der Waals surface area contributed by atoms with E-state index in [0.29, 0.717) is 36.5 Å². The number of rotatable bonds is 8. The molecule has 0 saturated carbocycles. The van der Waals surface area contributed by atoms with Crippen molar-refractivity contribution in [3.05, 3.63) is 58.4 Å². The van der Waals surface area contributed by atoms with Gasteiger partial charge in [-0.1, -0.05) is 25.6 Å². The smallest absolute Gasteiger partial charge is 0.336 e. The molecule has 4 rings (SSSR count). The molecule has 0 saturated heterocycles. The average Bonchev–Trinajstić information content (AvgIpc) is 3.14. The van der Waals surface area contributed by atoms with Gasteiger partial charge < -0.3 is 14.1 Å². The van der Waals surface area contributed by atoms with Crippen LogP contribution in [0.1, 0.15) is 26.3 Å². The molecule has 0 spiro atoms. The van der Waals surface area contributed by atoms with Gasteiger partial charge in [-0.2, -0.15) is 4.31 Å². The summed E-state index contributed by atoms with van der Waals surface area (Å²) in [6.07, 6.45) is 0. The number of sulfonamides is 1. The van der Waals surface area contributed by atoms with Crippen LogP contribution in [0.5, 0.6) is 5.75 Å². The lowest BCUT2D eigenvalue weighted by atomic mass is 10.1. The number of phenolic OH excluding ortho intramolecular Hbond substituents is 1. The van der Waals surface area contributed by atoms with Crippen LogP contribution in [-0.4, -0.2) is 40.5 Å². The number of aromatic nitrogens is 2. The molecule has 1 N–H and O–H groups in total. The van der Waals surface area contributed by atoms with Crippen LogP contribution in [0.25, 0.3) is 22.0 Å². The summed E-state index contributed by atoms with van der Waals surface area (Å²) in [5.74, 6) is 0.486. The van der Waals surface area contributed by atoms with E-state index in [4.69, 9.17) is 9.40 Å². The lowest BCUT2D eigenvalue weighted by Crippen LogP contribution is -2.30. The first-order chi connectivity index (χ1) is 15.8. The first kappa shape index (κ1) is 23.3. The molecule has 0 fully saturated rings. The molecule has 8 nitrogen and oxygen atoms in total. The van der Waals surface area contributed by atoms with Crippen LogP contribution >= 0.6 is 11.8 Å². The number of benzene rings is 2. The maximum Gasteiger partial charge on any atom is 0.336 e. The summed E-state index contributed by atoms with van der Waals surface area (Å²) < 4.78 is 34.5. The topological polar surface area (TPSA) is 106 Å². The van der Waals surface area contributed by atoms with Gasteiger partial charge in [0.25, 0.3) is 0 Å². The van der Waals surface area contributed by atoms with E-state index in [0.717, 1.165) is 21.6 Å². The molecule has 10 heteroatoms. The van der Waals surface area contributed by atoms with E-state index in [1.54, 1.807) is 30.3 Å². The lowest BCUT2D eigenvalue weighted by molar-refractivity contribution is 0.445. The second-order valence-corrected chi connectivity index (χ2v) is 10.3. The van der Waals surface area contributed by atoms with Gasteiger partial charge in [0, 0.05) is 42.9 Å². The Morgan fingerprint density at radius 1 is 1.09 bits per heavy atom. The van der Waals surface area contributed by atoms with Crippen LogP contribution in [0.2, 0.25) is 0 Å². The molecule has 0 unspecified atom stereocenters. The molecule has 2 heterocycles. The molecule has 0 aliphatic rings. The number of thioether (sulfide) groups is 1. The average molecular weight is 488 g/mol. The first-order valence-electron chi connectivity index (χ1n) is 10.7. The van der Waals surface area contributed by atoms with Gasteiger partial charge in [0.15, 0.2) is 5.16 Å². The van der Waals surface area contributed by atoms with E-state index in [1.165, 1.54) is 28.2 Å². The van der Waals surface area contributed by atoms with Crippen LogP contribution in [0.15, 0.2) is 61.7 Å². The summed E-state index contributed by atoms with van der Waals surface area (Å²) in [5.41, 5.74) is 2.06. The predicted molar refractivity (Wildman–Crippen MR) is 129 cm³/mol. The number of aromatic hydroxyl groups is 1. The number of nitrogens with zero attached hydrogens (tertiary/aromatic N) is 3. The molecule has 0 atom stereocenters. The maximum absolute atomic E-state index is 12.9. The fourth-order valence-electron chi connectivity index (χ4n) is 3.86. The number of aryl methyl sites for hydroxylation is 1. The summed E-state index contributed by atoms with van der Waals surface area (Å²) >= 11 is 1.46. The van der Waals surface area contributed by atoms with E-state index in [1.807, 2.05) is 25.3 Å². The first-order valence-corrected chi connectivity index (χ1v) is 13.1. The molecule has 0 bridgehead atoms.